The van der Waals surface area contributed by atoms with Crippen molar-refractivity contribution in [2.24, 2.45) is 0 Å². The average molecular weight is 438 g/mol. The molecule has 0 aliphatic carbocycles. The van der Waals surface area contributed by atoms with E-state index in [1.165, 1.54) is 20.3 Å². The van der Waals surface area contributed by atoms with E-state index in [4.69, 9.17) is 9.47 Å². The Labute approximate surface area is 153 Å². The van der Waals surface area contributed by atoms with Gasteiger partial charge in [0.05, 0.1) is 19.8 Å². The molecule has 0 fully saturated rings. The number of hydrogen-bond acceptors (Lipinski definition) is 5. The van der Waals surface area contributed by atoms with Gasteiger partial charge in [-0.25, -0.2) is 9.59 Å². The molecule has 2 aromatic rings. The second-order valence-electron chi connectivity index (χ2n) is 4.64. The summed E-state index contributed by atoms with van der Waals surface area (Å²) in [4.78, 5) is 23.4. The first-order valence-electron chi connectivity index (χ1n) is 6.96. The van der Waals surface area contributed by atoms with Crippen LogP contribution in [0.3, 0.4) is 0 Å². The van der Waals surface area contributed by atoms with Gasteiger partial charge in [0.1, 0.15) is 0 Å². The first kappa shape index (κ1) is 18.0. The highest BCUT2D eigenvalue weighted by molar-refractivity contribution is 14.1. The number of rotatable bonds is 5. The van der Waals surface area contributed by atoms with Gasteiger partial charge in [-0.2, -0.15) is 0 Å². The second kappa shape index (κ2) is 8.49. The zero-order valence-electron chi connectivity index (χ0n) is 13.1. The minimum absolute atomic E-state index is 0.303. The van der Waals surface area contributed by atoms with Gasteiger partial charge in [0, 0.05) is 9.65 Å². The van der Waals surface area contributed by atoms with Gasteiger partial charge in [-0.1, -0.05) is 18.2 Å². The molecule has 0 amide bonds. The number of esters is 2. The smallest absolute Gasteiger partial charge is 0.344 e. The third-order valence-electron chi connectivity index (χ3n) is 3.10. The Bertz CT molecular complexity index is 783. The molecule has 2 aromatic carbocycles. The Morgan fingerprint density at radius 1 is 1.04 bits per heavy atom. The van der Waals surface area contributed by atoms with Crippen LogP contribution in [-0.2, 0) is 9.53 Å². The van der Waals surface area contributed by atoms with E-state index in [-0.39, 0.29) is 0 Å². The van der Waals surface area contributed by atoms with E-state index < -0.39 is 11.9 Å². The fourth-order valence-corrected chi connectivity index (χ4v) is 2.49. The fraction of sp³-hybridized carbons (Fsp3) is 0.111. The van der Waals surface area contributed by atoms with E-state index in [1.54, 1.807) is 36.4 Å². The fourth-order valence-electron chi connectivity index (χ4n) is 1.89. The maximum atomic E-state index is 12.3. The van der Waals surface area contributed by atoms with Crippen LogP contribution in [0.2, 0.25) is 0 Å². The molecule has 124 valence electrons. The highest BCUT2D eigenvalue weighted by Gasteiger charge is 2.14. The number of benzene rings is 2. The maximum absolute atomic E-state index is 12.3. The predicted octanol–water partition coefficient (Wildman–Crippen LogP) is 3.71. The molecule has 0 spiro atoms. The van der Waals surface area contributed by atoms with E-state index in [0.29, 0.717) is 22.6 Å². The van der Waals surface area contributed by atoms with Crippen molar-refractivity contribution in [3.05, 3.63) is 63.2 Å². The standard InChI is InChI=1S/C18H15IO5/c1-22-16-11-12(8-10-17(20)23-2)7-9-15(16)24-18(21)13-5-3-4-6-14(13)19/h3-11H,1-2H3/b10-8+. The number of ether oxygens (including phenoxy) is 3. The molecule has 5 nitrogen and oxygen atoms in total. The quantitative estimate of drug-likeness (QED) is 0.309. The first-order chi connectivity index (χ1) is 11.5. The SMILES string of the molecule is COC(=O)/C=C/c1ccc(OC(=O)c2ccccc2I)c(OC)c1. The second-order valence-corrected chi connectivity index (χ2v) is 5.80. The number of hydrogen-bond donors (Lipinski definition) is 0. The third-order valence-corrected chi connectivity index (χ3v) is 4.04. The normalized spacial score (nSPS) is 10.5. The summed E-state index contributed by atoms with van der Waals surface area (Å²) in [6.07, 6.45) is 2.88. The topological polar surface area (TPSA) is 61.8 Å². The van der Waals surface area contributed by atoms with Crippen molar-refractivity contribution in [2.75, 3.05) is 14.2 Å². The van der Waals surface area contributed by atoms with Crippen LogP contribution in [0.25, 0.3) is 6.08 Å². The summed E-state index contributed by atoms with van der Waals surface area (Å²) in [5.41, 5.74) is 1.20. The summed E-state index contributed by atoms with van der Waals surface area (Å²) in [5.74, 6) is -0.224. The molecule has 24 heavy (non-hydrogen) atoms. The molecule has 0 unspecified atom stereocenters. The lowest BCUT2D eigenvalue weighted by Gasteiger charge is -2.10. The van der Waals surface area contributed by atoms with Gasteiger partial charge >= 0.3 is 11.9 Å². The Balaban J connectivity index is 2.22. The summed E-state index contributed by atoms with van der Waals surface area (Å²) in [7, 11) is 2.79. The molecule has 0 aliphatic heterocycles. The summed E-state index contributed by atoms with van der Waals surface area (Å²) >= 11 is 2.08. The largest absolute Gasteiger partial charge is 0.493 e. The Hall–Kier alpha value is -2.35. The number of carbonyl (C=O) groups excluding carboxylic acids is 2. The van der Waals surface area contributed by atoms with Gasteiger partial charge in [-0.15, -0.1) is 0 Å². The van der Waals surface area contributed by atoms with Crippen molar-refractivity contribution in [3.63, 3.8) is 0 Å². The van der Waals surface area contributed by atoms with Crippen LogP contribution in [-0.4, -0.2) is 26.2 Å². The van der Waals surface area contributed by atoms with Crippen LogP contribution in [0.5, 0.6) is 11.5 Å². The van der Waals surface area contributed by atoms with Crippen LogP contribution < -0.4 is 9.47 Å². The molecule has 0 saturated heterocycles. The van der Waals surface area contributed by atoms with Gasteiger partial charge < -0.3 is 14.2 Å². The Morgan fingerprint density at radius 3 is 2.46 bits per heavy atom. The summed E-state index contributed by atoms with van der Waals surface area (Å²) < 4.78 is 16.0. The molecule has 0 aromatic heterocycles. The number of halogens is 1. The summed E-state index contributed by atoms with van der Waals surface area (Å²) in [6.45, 7) is 0. The van der Waals surface area contributed by atoms with Gasteiger partial charge in [-0.05, 0) is 58.5 Å². The number of methoxy groups -OCH3 is 2. The number of carbonyl (C=O) groups is 2. The monoisotopic (exact) mass is 438 g/mol. The van der Waals surface area contributed by atoms with Crippen molar-refractivity contribution in [1.82, 2.24) is 0 Å². The molecule has 0 atom stereocenters. The van der Waals surface area contributed by atoms with Crippen molar-refractivity contribution >= 4 is 40.6 Å². The van der Waals surface area contributed by atoms with E-state index >= 15 is 0 Å². The van der Waals surface area contributed by atoms with Gasteiger partial charge in [0.15, 0.2) is 11.5 Å². The molecule has 0 N–H and O–H groups in total. The predicted molar refractivity (Wildman–Crippen MR) is 98.2 cm³/mol. The lowest BCUT2D eigenvalue weighted by Crippen LogP contribution is -2.10. The Kier molecular flexibility index (Phi) is 6.36. The van der Waals surface area contributed by atoms with E-state index in [2.05, 4.69) is 27.3 Å². The molecule has 2 rings (SSSR count). The molecule has 0 radical (unpaired) electrons. The third kappa shape index (κ3) is 4.58. The molecule has 0 saturated carbocycles. The average Bonchev–Trinajstić information content (AvgIpc) is 2.60. The van der Waals surface area contributed by atoms with Gasteiger partial charge in [0.25, 0.3) is 0 Å². The molecule has 6 heteroatoms. The minimum atomic E-state index is -0.462. The summed E-state index contributed by atoms with van der Waals surface area (Å²) in [5, 5.41) is 0. The van der Waals surface area contributed by atoms with Crippen molar-refractivity contribution in [1.29, 1.82) is 0 Å². The van der Waals surface area contributed by atoms with Crippen molar-refractivity contribution in [2.45, 2.75) is 0 Å². The molecule has 0 heterocycles. The molecular formula is C18H15IO5. The van der Waals surface area contributed by atoms with Crippen LogP contribution in [0.1, 0.15) is 15.9 Å². The molecule has 0 aliphatic rings. The zero-order chi connectivity index (χ0) is 17.5. The molecular weight excluding hydrogens is 423 g/mol. The molecule has 0 bridgehead atoms. The highest BCUT2D eigenvalue weighted by Crippen LogP contribution is 2.29. The first-order valence-corrected chi connectivity index (χ1v) is 8.04. The minimum Gasteiger partial charge on any atom is -0.493 e. The lowest BCUT2D eigenvalue weighted by atomic mass is 10.2. The van der Waals surface area contributed by atoms with Crippen LogP contribution in [0.15, 0.2) is 48.5 Å². The highest BCUT2D eigenvalue weighted by atomic mass is 127. The van der Waals surface area contributed by atoms with Crippen molar-refractivity contribution in [3.8, 4) is 11.5 Å². The van der Waals surface area contributed by atoms with Crippen LogP contribution in [0, 0.1) is 3.57 Å². The van der Waals surface area contributed by atoms with Crippen LogP contribution in [0.4, 0.5) is 0 Å². The lowest BCUT2D eigenvalue weighted by molar-refractivity contribution is -0.134. The maximum Gasteiger partial charge on any atom is 0.344 e. The zero-order valence-corrected chi connectivity index (χ0v) is 15.3. The van der Waals surface area contributed by atoms with Gasteiger partial charge in [0.2, 0.25) is 0 Å². The van der Waals surface area contributed by atoms with Crippen molar-refractivity contribution < 1.29 is 23.8 Å². The summed E-state index contributed by atoms with van der Waals surface area (Å²) in [6, 6.07) is 12.1. The van der Waals surface area contributed by atoms with Gasteiger partial charge in [-0.3, -0.25) is 0 Å². The van der Waals surface area contributed by atoms with Crippen LogP contribution >= 0.6 is 22.6 Å². The van der Waals surface area contributed by atoms with E-state index in [0.717, 1.165) is 3.57 Å². The Morgan fingerprint density at radius 2 is 1.79 bits per heavy atom. The van der Waals surface area contributed by atoms with E-state index in [1.807, 2.05) is 12.1 Å². The van der Waals surface area contributed by atoms with E-state index in [9.17, 15) is 9.59 Å².